The zero-order valence-electron chi connectivity index (χ0n) is 11.6. The van der Waals surface area contributed by atoms with Gasteiger partial charge in [0.2, 0.25) is 0 Å². The molecule has 1 aromatic carbocycles. The van der Waals surface area contributed by atoms with Crippen LogP contribution in [0.1, 0.15) is 62.5 Å². The van der Waals surface area contributed by atoms with Gasteiger partial charge < -0.3 is 5.11 Å². The molecule has 0 unspecified atom stereocenters. The number of phenolic OH excluding ortho intramolecular Hbond substituents is 1. The van der Waals surface area contributed by atoms with Crippen molar-refractivity contribution in [3.63, 3.8) is 0 Å². The maximum absolute atomic E-state index is 10.9. The lowest BCUT2D eigenvalue weighted by atomic mass is 9.87. The minimum absolute atomic E-state index is 0.326. The molecule has 0 amide bonds. The molecule has 1 N–H and O–H groups in total. The van der Waals surface area contributed by atoms with Crippen LogP contribution in [0.2, 0.25) is 0 Å². The summed E-state index contributed by atoms with van der Waals surface area (Å²) in [5, 5.41) is 13.7. The molecule has 3 heteroatoms. The monoisotopic (exact) mass is 259 g/mol. The molecule has 0 bridgehead atoms. The normalized spacial score (nSPS) is 22.0. The van der Waals surface area contributed by atoms with Gasteiger partial charge in [-0.2, -0.15) is 0 Å². The highest BCUT2D eigenvalue weighted by Gasteiger charge is 2.34. The second-order valence-electron chi connectivity index (χ2n) is 6.32. The Labute approximate surface area is 114 Å². The Morgan fingerprint density at radius 2 is 1.47 bits per heavy atom. The standard InChI is InChI=1S/C16H21NO2/c1-9(11-3-4-11)14-7-13(17-19)8-15(16(14)18)10(2)12-5-6-12/h7-12,18H,3-6H2,1-2H3/t9-,10-/m1/s1. The number of nitroso groups, excluding NO2 is 1. The molecule has 0 radical (unpaired) electrons. The summed E-state index contributed by atoms with van der Waals surface area (Å²) in [6.07, 6.45) is 4.92. The van der Waals surface area contributed by atoms with Crippen LogP contribution in [0.15, 0.2) is 17.3 Å². The fourth-order valence-corrected chi connectivity index (χ4v) is 3.11. The lowest BCUT2D eigenvalue weighted by molar-refractivity contribution is 0.443. The summed E-state index contributed by atoms with van der Waals surface area (Å²) in [4.78, 5) is 10.9. The molecule has 1 aromatic rings. The minimum atomic E-state index is 0.326. The van der Waals surface area contributed by atoms with Crippen molar-refractivity contribution in [1.82, 2.24) is 0 Å². The van der Waals surface area contributed by atoms with Crippen molar-refractivity contribution >= 4 is 5.69 Å². The van der Waals surface area contributed by atoms with Crippen LogP contribution in [0.5, 0.6) is 5.75 Å². The fourth-order valence-electron chi connectivity index (χ4n) is 3.11. The molecule has 0 heterocycles. The van der Waals surface area contributed by atoms with Crippen molar-refractivity contribution in [2.45, 2.75) is 51.4 Å². The number of hydrogen-bond acceptors (Lipinski definition) is 3. The quantitative estimate of drug-likeness (QED) is 0.771. The number of hydrogen-bond donors (Lipinski definition) is 1. The summed E-state index contributed by atoms with van der Waals surface area (Å²) < 4.78 is 0. The third-order valence-electron chi connectivity index (χ3n) is 4.90. The van der Waals surface area contributed by atoms with Gasteiger partial charge >= 0.3 is 0 Å². The summed E-state index contributed by atoms with van der Waals surface area (Å²) in [5.74, 6) is 2.39. The minimum Gasteiger partial charge on any atom is -0.507 e. The van der Waals surface area contributed by atoms with E-state index in [-0.39, 0.29) is 0 Å². The second kappa shape index (κ2) is 4.62. The molecule has 3 nitrogen and oxygen atoms in total. The molecule has 2 atom stereocenters. The zero-order valence-corrected chi connectivity index (χ0v) is 11.6. The van der Waals surface area contributed by atoms with Crippen LogP contribution >= 0.6 is 0 Å². The van der Waals surface area contributed by atoms with E-state index >= 15 is 0 Å². The SMILES string of the molecule is C[C@@H](c1cc(N=O)cc([C@H](C)C2CC2)c1O)C1CC1. The summed E-state index contributed by atoms with van der Waals surface area (Å²) in [7, 11) is 0. The molecule has 102 valence electrons. The summed E-state index contributed by atoms with van der Waals surface area (Å²) in [5.41, 5.74) is 2.30. The van der Waals surface area contributed by atoms with Crippen LogP contribution in [0.25, 0.3) is 0 Å². The van der Waals surface area contributed by atoms with Gasteiger partial charge in [0, 0.05) is 0 Å². The Morgan fingerprint density at radius 3 is 1.79 bits per heavy atom. The first-order chi connectivity index (χ1) is 9.11. The van der Waals surface area contributed by atoms with Gasteiger partial charge in [0.15, 0.2) is 0 Å². The van der Waals surface area contributed by atoms with Crippen molar-refractivity contribution < 1.29 is 5.11 Å². The largest absolute Gasteiger partial charge is 0.507 e. The Kier molecular flexibility index (Phi) is 3.08. The molecule has 19 heavy (non-hydrogen) atoms. The van der Waals surface area contributed by atoms with Gasteiger partial charge in [0.25, 0.3) is 0 Å². The zero-order chi connectivity index (χ0) is 13.6. The van der Waals surface area contributed by atoms with Crippen LogP contribution in [0, 0.1) is 16.7 Å². The van der Waals surface area contributed by atoms with Gasteiger partial charge in [-0.25, -0.2) is 0 Å². The van der Waals surface area contributed by atoms with E-state index < -0.39 is 0 Å². The topological polar surface area (TPSA) is 49.7 Å². The fraction of sp³-hybridized carbons (Fsp3) is 0.625. The van der Waals surface area contributed by atoms with E-state index in [0.29, 0.717) is 35.1 Å². The Hall–Kier alpha value is -1.38. The number of benzene rings is 1. The van der Waals surface area contributed by atoms with E-state index in [1.165, 1.54) is 25.7 Å². The lowest BCUT2D eigenvalue weighted by Gasteiger charge is -2.19. The van der Waals surface area contributed by atoms with Gasteiger partial charge in [-0.3, -0.25) is 0 Å². The van der Waals surface area contributed by atoms with Crippen molar-refractivity contribution in [1.29, 1.82) is 0 Å². The van der Waals surface area contributed by atoms with E-state index in [2.05, 4.69) is 19.0 Å². The average molecular weight is 259 g/mol. The molecule has 2 fully saturated rings. The van der Waals surface area contributed by atoms with E-state index in [1.807, 2.05) is 0 Å². The first-order valence-electron chi connectivity index (χ1n) is 7.32. The summed E-state index contributed by atoms with van der Waals surface area (Å²) >= 11 is 0. The van der Waals surface area contributed by atoms with Crippen molar-refractivity contribution in [2.75, 3.05) is 0 Å². The highest BCUT2D eigenvalue weighted by molar-refractivity contribution is 5.55. The average Bonchev–Trinajstić information content (AvgIpc) is 3.30. The Bertz CT molecular complexity index is 464. The van der Waals surface area contributed by atoms with E-state index in [1.54, 1.807) is 12.1 Å². The smallest absolute Gasteiger partial charge is 0.122 e. The van der Waals surface area contributed by atoms with Crippen molar-refractivity contribution in [3.8, 4) is 5.75 Å². The van der Waals surface area contributed by atoms with Crippen molar-refractivity contribution in [2.24, 2.45) is 17.0 Å². The van der Waals surface area contributed by atoms with Gasteiger partial charge in [0.05, 0.1) is 0 Å². The van der Waals surface area contributed by atoms with Crippen molar-refractivity contribution in [3.05, 3.63) is 28.2 Å². The molecule has 2 aliphatic carbocycles. The maximum atomic E-state index is 10.9. The van der Waals surface area contributed by atoms with Crippen LogP contribution in [-0.4, -0.2) is 5.11 Å². The van der Waals surface area contributed by atoms with E-state index in [0.717, 1.165) is 11.1 Å². The van der Waals surface area contributed by atoms with Crippen LogP contribution < -0.4 is 0 Å². The molecular weight excluding hydrogens is 238 g/mol. The summed E-state index contributed by atoms with van der Waals surface area (Å²) in [6, 6.07) is 3.54. The maximum Gasteiger partial charge on any atom is 0.122 e. The predicted molar refractivity (Wildman–Crippen MR) is 75.8 cm³/mol. The van der Waals surface area contributed by atoms with E-state index in [9.17, 15) is 10.0 Å². The van der Waals surface area contributed by atoms with Gasteiger partial charge in [-0.05, 0) is 77.8 Å². The van der Waals surface area contributed by atoms with E-state index in [4.69, 9.17) is 0 Å². The third-order valence-corrected chi connectivity index (χ3v) is 4.90. The molecular formula is C16H21NO2. The Morgan fingerprint density at radius 1 is 1.05 bits per heavy atom. The van der Waals surface area contributed by atoms with Gasteiger partial charge in [-0.1, -0.05) is 13.8 Å². The highest BCUT2D eigenvalue weighted by Crippen LogP contribution is 2.50. The third kappa shape index (κ3) is 2.38. The second-order valence-corrected chi connectivity index (χ2v) is 6.32. The molecule has 0 aromatic heterocycles. The predicted octanol–water partition coefficient (Wildman–Crippen LogP) is 4.82. The first-order valence-corrected chi connectivity index (χ1v) is 7.32. The van der Waals surface area contributed by atoms with Crippen LogP contribution in [0.3, 0.4) is 0 Å². The molecule has 2 aliphatic rings. The number of aromatic hydroxyl groups is 1. The number of phenols is 1. The van der Waals surface area contributed by atoms with Gasteiger partial charge in [0.1, 0.15) is 11.4 Å². The number of nitrogens with zero attached hydrogens (tertiary/aromatic N) is 1. The highest BCUT2D eigenvalue weighted by atomic mass is 16.3. The number of rotatable bonds is 5. The van der Waals surface area contributed by atoms with Crippen LogP contribution in [-0.2, 0) is 0 Å². The molecule has 3 rings (SSSR count). The Balaban J connectivity index is 2.01. The first kappa shape index (κ1) is 12.6. The summed E-state index contributed by atoms with van der Waals surface area (Å²) in [6.45, 7) is 4.29. The molecule has 0 aliphatic heterocycles. The van der Waals surface area contributed by atoms with Crippen LogP contribution in [0.4, 0.5) is 5.69 Å². The van der Waals surface area contributed by atoms with Gasteiger partial charge in [-0.15, -0.1) is 4.91 Å². The lowest BCUT2D eigenvalue weighted by Crippen LogP contribution is -2.02. The molecule has 0 saturated heterocycles. The molecule has 0 spiro atoms. The molecule has 2 saturated carbocycles.